The first-order valence-corrected chi connectivity index (χ1v) is 12.3. The Labute approximate surface area is 224 Å². The first-order chi connectivity index (χ1) is 18.2. The van der Waals surface area contributed by atoms with Gasteiger partial charge in [-0.2, -0.15) is 0 Å². The molecule has 0 spiro atoms. The smallest absolute Gasteiger partial charge is 0.343 e. The summed E-state index contributed by atoms with van der Waals surface area (Å²) in [6, 6.07) is 19.6. The Hall–Kier alpha value is -4.43. The van der Waals surface area contributed by atoms with Crippen LogP contribution < -0.4 is 15.0 Å². The number of carbonyl (C=O) groups is 4. The van der Waals surface area contributed by atoms with E-state index < -0.39 is 23.8 Å². The van der Waals surface area contributed by atoms with Gasteiger partial charge in [0.1, 0.15) is 16.5 Å². The van der Waals surface area contributed by atoms with Crippen LogP contribution >= 0.6 is 11.6 Å². The summed E-state index contributed by atoms with van der Waals surface area (Å²) in [6.45, 7) is 5.89. The van der Waals surface area contributed by atoms with Crippen molar-refractivity contribution in [2.45, 2.75) is 26.7 Å². The van der Waals surface area contributed by atoms with Crippen molar-refractivity contribution in [1.29, 1.82) is 0 Å². The Kier molecular flexibility index (Phi) is 7.93. The highest BCUT2D eigenvalue weighted by atomic mass is 35.5. The van der Waals surface area contributed by atoms with Crippen LogP contribution in [0.3, 0.4) is 0 Å². The van der Waals surface area contributed by atoms with Crippen molar-refractivity contribution >= 4 is 46.7 Å². The Morgan fingerprint density at radius 2 is 1.63 bits per heavy atom. The summed E-state index contributed by atoms with van der Waals surface area (Å²) in [5, 5.41) is 2.52. The van der Waals surface area contributed by atoms with Crippen LogP contribution in [0.25, 0.3) is 0 Å². The third kappa shape index (κ3) is 5.45. The van der Waals surface area contributed by atoms with Crippen LogP contribution in [0.15, 0.2) is 83.5 Å². The van der Waals surface area contributed by atoms with E-state index >= 15 is 0 Å². The maximum Gasteiger partial charge on any atom is 0.343 e. The quantitative estimate of drug-likeness (QED) is 0.227. The zero-order valence-electron chi connectivity index (χ0n) is 21.0. The summed E-state index contributed by atoms with van der Waals surface area (Å²) in [5.74, 6) is -1.98. The van der Waals surface area contributed by atoms with Crippen molar-refractivity contribution in [3.8, 4) is 5.75 Å². The fraction of sp³-hybridized carbons (Fsp3) is 0.172. The molecule has 8 nitrogen and oxygen atoms in total. The molecule has 0 aliphatic carbocycles. The van der Waals surface area contributed by atoms with Gasteiger partial charge in [0.05, 0.1) is 23.4 Å². The Morgan fingerprint density at radius 3 is 2.32 bits per heavy atom. The van der Waals surface area contributed by atoms with E-state index in [1.165, 1.54) is 24.3 Å². The molecule has 2 amide bonds. The van der Waals surface area contributed by atoms with Gasteiger partial charge >= 0.3 is 11.9 Å². The van der Waals surface area contributed by atoms with E-state index in [-0.39, 0.29) is 28.6 Å². The molecule has 1 aliphatic rings. The third-order valence-corrected chi connectivity index (χ3v) is 6.14. The van der Waals surface area contributed by atoms with Crippen LogP contribution in [-0.2, 0) is 14.3 Å². The highest BCUT2D eigenvalue weighted by Crippen LogP contribution is 2.32. The number of carbonyl (C=O) groups excluding carboxylic acids is 4. The SMILES string of the molecule is CCOC(=O)c1ccccc1N1C(=O)C(Cl)=C(Nc2ccc(C(=O)Oc3cccc(C(C)C)c3)cc2)C1=O. The summed E-state index contributed by atoms with van der Waals surface area (Å²) in [7, 11) is 0. The molecule has 0 atom stereocenters. The van der Waals surface area contributed by atoms with Crippen molar-refractivity contribution < 1.29 is 28.7 Å². The van der Waals surface area contributed by atoms with Crippen LogP contribution in [0, 0.1) is 0 Å². The number of para-hydroxylation sites is 1. The van der Waals surface area contributed by atoms with Crippen molar-refractivity contribution in [3.63, 3.8) is 0 Å². The van der Waals surface area contributed by atoms with Gasteiger partial charge in [-0.1, -0.05) is 49.7 Å². The molecular formula is C29H25ClN2O6. The first-order valence-electron chi connectivity index (χ1n) is 11.9. The monoisotopic (exact) mass is 532 g/mol. The molecule has 9 heteroatoms. The molecule has 194 valence electrons. The van der Waals surface area contributed by atoms with Crippen molar-refractivity contribution in [2.24, 2.45) is 0 Å². The molecule has 4 rings (SSSR count). The van der Waals surface area contributed by atoms with Crippen LogP contribution in [0.5, 0.6) is 5.75 Å². The molecule has 1 N–H and O–H groups in total. The lowest BCUT2D eigenvalue weighted by Crippen LogP contribution is -2.33. The van der Waals surface area contributed by atoms with Gasteiger partial charge in [-0.15, -0.1) is 0 Å². The summed E-state index contributed by atoms with van der Waals surface area (Å²) in [5.41, 5.74) is 1.73. The van der Waals surface area contributed by atoms with E-state index in [2.05, 4.69) is 19.2 Å². The fourth-order valence-corrected chi connectivity index (χ4v) is 4.03. The molecule has 1 aliphatic heterocycles. The van der Waals surface area contributed by atoms with E-state index in [0.717, 1.165) is 10.5 Å². The molecule has 0 saturated carbocycles. The highest BCUT2D eigenvalue weighted by Gasteiger charge is 2.40. The van der Waals surface area contributed by atoms with Gasteiger partial charge in [-0.25, -0.2) is 14.5 Å². The van der Waals surface area contributed by atoms with Gasteiger partial charge in [-0.3, -0.25) is 9.59 Å². The maximum atomic E-state index is 13.2. The van der Waals surface area contributed by atoms with Crippen LogP contribution in [-0.4, -0.2) is 30.4 Å². The fourth-order valence-electron chi connectivity index (χ4n) is 3.82. The Bertz CT molecular complexity index is 1450. The minimum atomic E-state index is -0.778. The summed E-state index contributed by atoms with van der Waals surface area (Å²) in [6.07, 6.45) is 0. The van der Waals surface area contributed by atoms with Gasteiger partial charge < -0.3 is 14.8 Å². The number of imide groups is 1. The lowest BCUT2D eigenvalue weighted by atomic mass is 10.0. The summed E-state index contributed by atoms with van der Waals surface area (Å²) < 4.78 is 10.5. The maximum absolute atomic E-state index is 13.2. The van der Waals surface area contributed by atoms with Crippen molar-refractivity contribution in [2.75, 3.05) is 16.8 Å². The van der Waals surface area contributed by atoms with Gasteiger partial charge in [-0.05, 0) is 66.9 Å². The van der Waals surface area contributed by atoms with Crippen LogP contribution in [0.4, 0.5) is 11.4 Å². The Morgan fingerprint density at radius 1 is 0.921 bits per heavy atom. The van der Waals surface area contributed by atoms with E-state index in [9.17, 15) is 19.2 Å². The molecule has 0 aromatic heterocycles. The van der Waals surface area contributed by atoms with E-state index in [4.69, 9.17) is 21.1 Å². The molecule has 0 bridgehead atoms. The second-order valence-electron chi connectivity index (χ2n) is 8.69. The standard InChI is InChI=1S/C29H25ClN2O6/c1-4-37-29(36)22-10-5-6-11-23(22)32-26(33)24(30)25(27(32)34)31-20-14-12-18(13-15-20)28(35)38-21-9-7-8-19(16-21)17(2)3/h5-17,31H,4H2,1-3H3. The topological polar surface area (TPSA) is 102 Å². The number of nitrogens with zero attached hydrogens (tertiary/aromatic N) is 1. The predicted molar refractivity (Wildman–Crippen MR) is 143 cm³/mol. The molecule has 38 heavy (non-hydrogen) atoms. The van der Waals surface area contributed by atoms with E-state index in [1.807, 2.05) is 18.2 Å². The average Bonchev–Trinajstić information content (AvgIpc) is 3.12. The molecule has 0 fully saturated rings. The molecular weight excluding hydrogens is 508 g/mol. The van der Waals surface area contributed by atoms with Crippen molar-refractivity contribution in [3.05, 3.63) is 100 Å². The van der Waals surface area contributed by atoms with Gasteiger partial charge in [0, 0.05) is 5.69 Å². The highest BCUT2D eigenvalue weighted by molar-refractivity contribution is 6.53. The van der Waals surface area contributed by atoms with E-state index in [0.29, 0.717) is 22.9 Å². The number of esters is 2. The number of anilines is 2. The van der Waals surface area contributed by atoms with Crippen LogP contribution in [0.2, 0.25) is 0 Å². The number of ether oxygens (including phenoxy) is 2. The van der Waals surface area contributed by atoms with E-state index in [1.54, 1.807) is 37.3 Å². The van der Waals surface area contributed by atoms with Crippen LogP contribution in [0.1, 0.15) is 53.0 Å². The molecule has 0 radical (unpaired) electrons. The number of rotatable bonds is 8. The largest absolute Gasteiger partial charge is 0.462 e. The summed E-state index contributed by atoms with van der Waals surface area (Å²) in [4.78, 5) is 51.9. The number of hydrogen-bond donors (Lipinski definition) is 1. The average molecular weight is 533 g/mol. The zero-order valence-corrected chi connectivity index (χ0v) is 21.7. The molecule has 1 heterocycles. The lowest BCUT2D eigenvalue weighted by Gasteiger charge is -2.18. The summed E-state index contributed by atoms with van der Waals surface area (Å²) >= 11 is 6.23. The Balaban J connectivity index is 1.50. The third-order valence-electron chi connectivity index (χ3n) is 5.79. The van der Waals surface area contributed by atoms with Gasteiger partial charge in [0.15, 0.2) is 0 Å². The van der Waals surface area contributed by atoms with Gasteiger partial charge in [0.2, 0.25) is 0 Å². The molecule has 0 saturated heterocycles. The minimum Gasteiger partial charge on any atom is -0.462 e. The number of halogens is 1. The second-order valence-corrected chi connectivity index (χ2v) is 9.07. The second kappa shape index (κ2) is 11.3. The minimum absolute atomic E-state index is 0.0589. The number of nitrogens with one attached hydrogen (secondary N) is 1. The van der Waals surface area contributed by atoms with Gasteiger partial charge in [0.25, 0.3) is 11.8 Å². The molecule has 0 unspecified atom stereocenters. The molecule has 3 aromatic carbocycles. The predicted octanol–water partition coefficient (Wildman–Crippen LogP) is 5.64. The zero-order chi connectivity index (χ0) is 27.4. The number of amides is 2. The lowest BCUT2D eigenvalue weighted by molar-refractivity contribution is -0.120. The number of benzene rings is 3. The number of hydrogen-bond acceptors (Lipinski definition) is 7. The normalized spacial score (nSPS) is 13.2. The van der Waals surface area contributed by atoms with Crippen molar-refractivity contribution in [1.82, 2.24) is 0 Å². The molecule has 3 aromatic rings. The first kappa shape index (κ1) is 26.6.